The summed E-state index contributed by atoms with van der Waals surface area (Å²) in [6, 6.07) is 15.7. The number of aromatic nitrogens is 2. The van der Waals surface area contributed by atoms with E-state index in [4.69, 9.17) is 0 Å². The molecule has 1 N–H and O–H groups in total. The van der Waals surface area contributed by atoms with Crippen molar-refractivity contribution in [2.45, 2.75) is 18.5 Å². The van der Waals surface area contributed by atoms with Crippen molar-refractivity contribution in [1.82, 2.24) is 9.55 Å². The molecular weight excluding hydrogens is 368 g/mol. The number of nitrogens with one attached hydrogen (secondary N) is 1. The molecular formula is C22H24N4OS. The van der Waals surface area contributed by atoms with Gasteiger partial charge in [-0.05, 0) is 67.1 Å². The van der Waals surface area contributed by atoms with Crippen LogP contribution in [-0.2, 0) is 0 Å². The number of amides is 1. The van der Waals surface area contributed by atoms with Gasteiger partial charge in [-0.15, -0.1) is 0 Å². The van der Waals surface area contributed by atoms with Crippen molar-refractivity contribution in [2.24, 2.45) is 5.92 Å². The maximum absolute atomic E-state index is 12.6. The number of carbonyl (C=O) groups excluding carboxylic acids is 1. The molecule has 1 saturated heterocycles. The quantitative estimate of drug-likeness (QED) is 0.640. The minimum absolute atomic E-state index is 0.107. The molecule has 1 aliphatic rings. The average molecular weight is 393 g/mol. The van der Waals surface area contributed by atoms with E-state index in [1.165, 1.54) is 12.1 Å². The Hall–Kier alpha value is -2.73. The predicted octanol–water partition coefficient (Wildman–Crippen LogP) is 4.69. The predicted molar refractivity (Wildman–Crippen MR) is 116 cm³/mol. The first-order valence-electron chi connectivity index (χ1n) is 9.48. The van der Waals surface area contributed by atoms with E-state index in [2.05, 4.69) is 34.3 Å². The highest BCUT2D eigenvalue weighted by atomic mass is 32.2. The van der Waals surface area contributed by atoms with Crippen LogP contribution in [0.5, 0.6) is 0 Å². The van der Waals surface area contributed by atoms with E-state index in [-0.39, 0.29) is 5.91 Å². The maximum atomic E-state index is 12.6. The lowest BCUT2D eigenvalue weighted by Crippen LogP contribution is -2.19. The van der Waals surface area contributed by atoms with Crippen LogP contribution in [0.1, 0.15) is 23.7 Å². The second-order valence-corrected chi connectivity index (χ2v) is 7.95. The molecule has 6 heteroatoms. The number of carbonyl (C=O) groups is 1. The monoisotopic (exact) mass is 392 g/mol. The fourth-order valence-corrected chi connectivity index (χ4v) is 4.07. The molecule has 4 rings (SSSR count). The van der Waals surface area contributed by atoms with Crippen LogP contribution in [0, 0.1) is 5.92 Å². The summed E-state index contributed by atoms with van der Waals surface area (Å²) in [5, 5.41) is 3.90. The highest BCUT2D eigenvalue weighted by molar-refractivity contribution is 7.98. The highest BCUT2D eigenvalue weighted by Crippen LogP contribution is 2.25. The molecule has 2 heterocycles. The first kappa shape index (κ1) is 18.6. The summed E-state index contributed by atoms with van der Waals surface area (Å²) in [6.45, 7) is 4.50. The van der Waals surface area contributed by atoms with Crippen LogP contribution in [0.25, 0.3) is 5.69 Å². The Bertz CT molecular complexity index is 949. The average Bonchev–Trinajstić information content (AvgIpc) is 3.37. The van der Waals surface area contributed by atoms with Gasteiger partial charge in [0, 0.05) is 48.1 Å². The summed E-state index contributed by atoms with van der Waals surface area (Å²) in [5.41, 5.74) is 3.65. The largest absolute Gasteiger partial charge is 0.371 e. The molecule has 1 aromatic heterocycles. The lowest BCUT2D eigenvalue weighted by atomic mass is 10.2. The van der Waals surface area contributed by atoms with Gasteiger partial charge in [0.15, 0.2) is 5.16 Å². The molecule has 1 unspecified atom stereocenters. The summed E-state index contributed by atoms with van der Waals surface area (Å²) in [6.07, 6.45) is 6.94. The van der Waals surface area contributed by atoms with Gasteiger partial charge in [-0.2, -0.15) is 0 Å². The highest BCUT2D eigenvalue weighted by Gasteiger charge is 2.18. The Labute approximate surface area is 169 Å². The minimum Gasteiger partial charge on any atom is -0.371 e. The van der Waals surface area contributed by atoms with E-state index in [9.17, 15) is 4.79 Å². The first-order valence-corrected chi connectivity index (χ1v) is 10.7. The number of hydrogen-bond donors (Lipinski definition) is 1. The zero-order valence-electron chi connectivity index (χ0n) is 16.1. The minimum atomic E-state index is -0.107. The molecule has 144 valence electrons. The Kier molecular flexibility index (Phi) is 5.39. The van der Waals surface area contributed by atoms with Crippen LogP contribution < -0.4 is 10.2 Å². The van der Waals surface area contributed by atoms with Crippen molar-refractivity contribution in [3.63, 3.8) is 0 Å². The van der Waals surface area contributed by atoms with E-state index in [1.54, 1.807) is 18.0 Å². The second kappa shape index (κ2) is 8.10. The van der Waals surface area contributed by atoms with E-state index < -0.39 is 0 Å². The molecule has 1 fully saturated rings. The zero-order chi connectivity index (χ0) is 19.5. The van der Waals surface area contributed by atoms with Crippen LogP contribution >= 0.6 is 11.8 Å². The third-order valence-electron chi connectivity index (χ3n) is 5.11. The molecule has 0 bridgehead atoms. The summed E-state index contributed by atoms with van der Waals surface area (Å²) >= 11 is 1.59. The van der Waals surface area contributed by atoms with Gasteiger partial charge < -0.3 is 10.2 Å². The van der Waals surface area contributed by atoms with Crippen molar-refractivity contribution < 1.29 is 4.79 Å². The van der Waals surface area contributed by atoms with Crippen LogP contribution in [0.15, 0.2) is 66.1 Å². The Morgan fingerprint density at radius 2 is 1.82 bits per heavy atom. The van der Waals surface area contributed by atoms with Crippen LogP contribution in [-0.4, -0.2) is 34.8 Å². The van der Waals surface area contributed by atoms with Gasteiger partial charge in [0.1, 0.15) is 0 Å². The van der Waals surface area contributed by atoms with Gasteiger partial charge in [0.25, 0.3) is 5.91 Å². The van der Waals surface area contributed by atoms with Gasteiger partial charge in [-0.1, -0.05) is 18.7 Å². The number of rotatable bonds is 5. The molecule has 0 aliphatic carbocycles. The molecule has 1 aliphatic heterocycles. The van der Waals surface area contributed by atoms with Gasteiger partial charge in [0.05, 0.1) is 0 Å². The van der Waals surface area contributed by atoms with E-state index in [0.717, 1.165) is 35.5 Å². The maximum Gasteiger partial charge on any atom is 0.255 e. The fraction of sp³-hybridized carbons (Fsp3) is 0.273. The SMILES string of the molecule is CSc1nccn1-c1ccc(C(=O)Nc2ccc(N3CCC(C)C3)cc2)cc1. The van der Waals surface area contributed by atoms with Crippen molar-refractivity contribution in [1.29, 1.82) is 0 Å². The summed E-state index contributed by atoms with van der Waals surface area (Å²) in [4.78, 5) is 19.3. The molecule has 28 heavy (non-hydrogen) atoms. The normalized spacial score (nSPS) is 16.4. The number of imidazole rings is 1. The standard InChI is InChI=1S/C22H24N4OS/c1-16-11-13-25(15-16)19-9-5-18(6-10-19)24-21(27)17-3-7-20(8-4-17)26-14-12-23-22(26)28-2/h3-10,12,14,16H,11,13,15H2,1-2H3,(H,24,27). The smallest absolute Gasteiger partial charge is 0.255 e. The second-order valence-electron chi connectivity index (χ2n) is 7.17. The van der Waals surface area contributed by atoms with E-state index in [1.807, 2.05) is 53.4 Å². The van der Waals surface area contributed by atoms with Crippen LogP contribution in [0.4, 0.5) is 11.4 Å². The van der Waals surface area contributed by atoms with Crippen LogP contribution in [0.3, 0.4) is 0 Å². The molecule has 0 spiro atoms. The third kappa shape index (κ3) is 3.92. The van der Waals surface area contributed by atoms with E-state index in [0.29, 0.717) is 5.56 Å². The van der Waals surface area contributed by atoms with Gasteiger partial charge in [-0.3, -0.25) is 9.36 Å². The molecule has 0 saturated carbocycles. The van der Waals surface area contributed by atoms with Gasteiger partial charge in [-0.25, -0.2) is 4.98 Å². The Morgan fingerprint density at radius 1 is 1.11 bits per heavy atom. The summed E-state index contributed by atoms with van der Waals surface area (Å²) in [7, 11) is 0. The number of nitrogens with zero attached hydrogens (tertiary/aromatic N) is 3. The molecule has 1 amide bonds. The van der Waals surface area contributed by atoms with Gasteiger partial charge in [0.2, 0.25) is 0 Å². The molecule has 2 aromatic carbocycles. The number of benzene rings is 2. The van der Waals surface area contributed by atoms with Crippen molar-refractivity contribution in [3.05, 3.63) is 66.5 Å². The van der Waals surface area contributed by atoms with E-state index >= 15 is 0 Å². The zero-order valence-corrected chi connectivity index (χ0v) is 16.9. The number of anilines is 2. The lowest BCUT2D eigenvalue weighted by molar-refractivity contribution is 0.102. The molecule has 1 atom stereocenters. The Morgan fingerprint density at radius 3 is 2.46 bits per heavy atom. The van der Waals surface area contributed by atoms with Crippen molar-refractivity contribution in [3.8, 4) is 5.69 Å². The summed E-state index contributed by atoms with van der Waals surface area (Å²) in [5.74, 6) is 0.640. The van der Waals surface area contributed by atoms with Crippen molar-refractivity contribution >= 4 is 29.0 Å². The fourth-order valence-electron chi connectivity index (χ4n) is 3.54. The third-order valence-corrected chi connectivity index (χ3v) is 5.78. The lowest BCUT2D eigenvalue weighted by Gasteiger charge is -2.18. The summed E-state index contributed by atoms with van der Waals surface area (Å²) < 4.78 is 2.00. The van der Waals surface area contributed by atoms with Crippen LogP contribution in [0.2, 0.25) is 0 Å². The Balaban J connectivity index is 1.42. The van der Waals surface area contributed by atoms with Gasteiger partial charge >= 0.3 is 0 Å². The van der Waals surface area contributed by atoms with Crippen molar-refractivity contribution in [2.75, 3.05) is 29.6 Å². The molecule has 0 radical (unpaired) electrons. The topological polar surface area (TPSA) is 50.2 Å². The number of hydrogen-bond acceptors (Lipinski definition) is 4. The number of thioether (sulfide) groups is 1. The molecule has 3 aromatic rings. The first-order chi connectivity index (χ1) is 13.6. The molecule has 5 nitrogen and oxygen atoms in total.